The molecule has 1 aromatic carbocycles. The zero-order valence-electron chi connectivity index (χ0n) is 13.7. The van der Waals surface area contributed by atoms with Crippen molar-refractivity contribution in [3.8, 4) is 0 Å². The largest absolute Gasteiger partial charge is 0.383 e. The lowest BCUT2D eigenvalue weighted by Gasteiger charge is -2.37. The first-order valence-corrected chi connectivity index (χ1v) is 7.79. The molecule has 0 amide bonds. The van der Waals surface area contributed by atoms with Gasteiger partial charge in [0.2, 0.25) is 0 Å². The Bertz CT molecular complexity index is 421. The SMILES string of the molecule is CCC(CC)N(CCOC)C(CN)c1ccc(F)cc1C. The first-order valence-electron chi connectivity index (χ1n) is 7.79. The second-order valence-electron chi connectivity index (χ2n) is 5.45. The van der Waals surface area contributed by atoms with E-state index in [9.17, 15) is 4.39 Å². The van der Waals surface area contributed by atoms with Gasteiger partial charge in [-0.1, -0.05) is 19.9 Å². The Kier molecular flexibility index (Phi) is 7.86. The fourth-order valence-electron chi connectivity index (χ4n) is 3.00. The quantitative estimate of drug-likeness (QED) is 0.760. The van der Waals surface area contributed by atoms with Crippen molar-refractivity contribution in [2.24, 2.45) is 5.73 Å². The number of methoxy groups -OCH3 is 1. The minimum absolute atomic E-state index is 0.102. The Balaban J connectivity index is 3.09. The lowest BCUT2D eigenvalue weighted by molar-refractivity contribution is 0.0814. The van der Waals surface area contributed by atoms with E-state index >= 15 is 0 Å². The Morgan fingerprint density at radius 2 is 1.95 bits per heavy atom. The van der Waals surface area contributed by atoms with Gasteiger partial charge in [-0.2, -0.15) is 0 Å². The molecule has 4 heteroatoms. The standard InChI is InChI=1S/C17H29FN2O/c1-5-15(6-2)20(9-10-21-4)17(12-19)16-8-7-14(18)11-13(16)3/h7-8,11,15,17H,5-6,9-10,12,19H2,1-4H3. The van der Waals surface area contributed by atoms with Gasteiger partial charge < -0.3 is 10.5 Å². The van der Waals surface area contributed by atoms with Gasteiger partial charge in [0.25, 0.3) is 0 Å². The summed E-state index contributed by atoms with van der Waals surface area (Å²) in [5, 5.41) is 0. The van der Waals surface area contributed by atoms with Crippen LogP contribution in [0.25, 0.3) is 0 Å². The van der Waals surface area contributed by atoms with Crippen LogP contribution in [-0.2, 0) is 4.74 Å². The average Bonchev–Trinajstić information content (AvgIpc) is 2.47. The van der Waals surface area contributed by atoms with Crippen molar-refractivity contribution in [3.05, 3.63) is 35.1 Å². The highest BCUT2D eigenvalue weighted by Crippen LogP contribution is 2.27. The summed E-state index contributed by atoms with van der Waals surface area (Å²) in [5.74, 6) is -0.196. The highest BCUT2D eigenvalue weighted by Gasteiger charge is 2.25. The fraction of sp³-hybridized carbons (Fsp3) is 0.647. The molecule has 2 N–H and O–H groups in total. The Hall–Kier alpha value is -0.970. The summed E-state index contributed by atoms with van der Waals surface area (Å²) in [5.41, 5.74) is 8.13. The van der Waals surface area contributed by atoms with Crippen LogP contribution in [0.1, 0.15) is 43.9 Å². The summed E-state index contributed by atoms with van der Waals surface area (Å²) in [4.78, 5) is 2.41. The minimum atomic E-state index is -0.196. The van der Waals surface area contributed by atoms with Gasteiger partial charge in [-0.15, -0.1) is 0 Å². The molecule has 0 aliphatic carbocycles. The maximum atomic E-state index is 13.3. The summed E-state index contributed by atoms with van der Waals surface area (Å²) >= 11 is 0. The molecule has 0 heterocycles. The molecule has 1 atom stereocenters. The highest BCUT2D eigenvalue weighted by molar-refractivity contribution is 5.30. The maximum Gasteiger partial charge on any atom is 0.123 e. The van der Waals surface area contributed by atoms with E-state index in [2.05, 4.69) is 18.7 Å². The molecular weight excluding hydrogens is 267 g/mol. The highest BCUT2D eigenvalue weighted by atomic mass is 19.1. The predicted octanol–water partition coefficient (Wildman–Crippen LogP) is 3.27. The molecule has 0 saturated heterocycles. The molecule has 1 rings (SSSR count). The van der Waals surface area contributed by atoms with Crippen molar-refractivity contribution in [2.45, 2.75) is 45.7 Å². The van der Waals surface area contributed by atoms with Crippen LogP contribution < -0.4 is 5.73 Å². The van der Waals surface area contributed by atoms with Crippen molar-refractivity contribution in [1.29, 1.82) is 0 Å². The fourth-order valence-corrected chi connectivity index (χ4v) is 3.00. The van der Waals surface area contributed by atoms with E-state index in [1.807, 2.05) is 13.0 Å². The normalized spacial score (nSPS) is 13.1. The first-order chi connectivity index (χ1) is 10.1. The molecule has 0 fully saturated rings. The smallest absolute Gasteiger partial charge is 0.123 e. The van der Waals surface area contributed by atoms with Crippen LogP contribution in [0.5, 0.6) is 0 Å². The molecule has 0 bridgehead atoms. The summed E-state index contributed by atoms with van der Waals surface area (Å²) in [6.07, 6.45) is 2.13. The van der Waals surface area contributed by atoms with E-state index in [1.54, 1.807) is 13.2 Å². The number of ether oxygens (including phenoxy) is 1. The minimum Gasteiger partial charge on any atom is -0.383 e. The van der Waals surface area contributed by atoms with Gasteiger partial charge in [0, 0.05) is 32.3 Å². The van der Waals surface area contributed by atoms with Gasteiger partial charge >= 0.3 is 0 Å². The number of nitrogens with two attached hydrogens (primary N) is 1. The van der Waals surface area contributed by atoms with Crippen molar-refractivity contribution in [1.82, 2.24) is 4.90 Å². The molecule has 0 aliphatic rings. The molecule has 1 aromatic rings. The van der Waals surface area contributed by atoms with E-state index < -0.39 is 0 Å². The van der Waals surface area contributed by atoms with E-state index in [1.165, 1.54) is 6.07 Å². The number of benzene rings is 1. The molecule has 0 saturated carbocycles. The third-order valence-electron chi connectivity index (χ3n) is 4.18. The van der Waals surface area contributed by atoms with Crippen LogP contribution in [0.2, 0.25) is 0 Å². The Morgan fingerprint density at radius 1 is 1.29 bits per heavy atom. The molecule has 0 spiro atoms. The van der Waals surface area contributed by atoms with Gasteiger partial charge in [0.15, 0.2) is 0 Å². The lowest BCUT2D eigenvalue weighted by Crippen LogP contribution is -2.43. The number of rotatable bonds is 9. The first kappa shape index (κ1) is 18.1. The number of aryl methyl sites for hydroxylation is 1. The van der Waals surface area contributed by atoms with Gasteiger partial charge in [0.1, 0.15) is 5.82 Å². The summed E-state index contributed by atoms with van der Waals surface area (Å²) in [6.45, 7) is 8.36. The lowest BCUT2D eigenvalue weighted by atomic mass is 9.97. The molecule has 3 nitrogen and oxygen atoms in total. The third-order valence-corrected chi connectivity index (χ3v) is 4.18. The van der Waals surface area contributed by atoms with Crippen molar-refractivity contribution < 1.29 is 9.13 Å². The van der Waals surface area contributed by atoms with Crippen LogP contribution >= 0.6 is 0 Å². The molecule has 0 aliphatic heterocycles. The molecular formula is C17H29FN2O. The predicted molar refractivity (Wildman–Crippen MR) is 85.9 cm³/mol. The van der Waals surface area contributed by atoms with Crippen LogP contribution in [0.4, 0.5) is 4.39 Å². The second kappa shape index (κ2) is 9.13. The molecule has 1 unspecified atom stereocenters. The molecule has 0 radical (unpaired) electrons. The van der Waals surface area contributed by atoms with Crippen molar-refractivity contribution in [3.63, 3.8) is 0 Å². The van der Waals surface area contributed by atoms with Gasteiger partial charge in [-0.25, -0.2) is 4.39 Å². The second-order valence-corrected chi connectivity index (χ2v) is 5.45. The number of hydrogen-bond donors (Lipinski definition) is 1. The third kappa shape index (κ3) is 4.77. The Labute approximate surface area is 128 Å². The van der Waals surface area contributed by atoms with Gasteiger partial charge in [-0.3, -0.25) is 4.90 Å². The topological polar surface area (TPSA) is 38.5 Å². The number of nitrogens with zero attached hydrogens (tertiary/aromatic N) is 1. The van der Waals surface area contributed by atoms with Crippen LogP contribution in [0.3, 0.4) is 0 Å². The number of halogens is 1. The monoisotopic (exact) mass is 296 g/mol. The van der Waals surface area contributed by atoms with Crippen molar-refractivity contribution in [2.75, 3.05) is 26.8 Å². The van der Waals surface area contributed by atoms with Crippen molar-refractivity contribution >= 4 is 0 Å². The maximum absolute atomic E-state index is 13.3. The van der Waals surface area contributed by atoms with E-state index in [4.69, 9.17) is 10.5 Å². The van der Waals surface area contributed by atoms with Crippen LogP contribution in [0, 0.1) is 12.7 Å². The van der Waals surface area contributed by atoms with Crippen LogP contribution in [-0.4, -0.2) is 37.7 Å². The summed E-state index contributed by atoms with van der Waals surface area (Å²) < 4.78 is 18.6. The summed E-state index contributed by atoms with van der Waals surface area (Å²) in [7, 11) is 1.71. The molecule has 120 valence electrons. The van der Waals surface area contributed by atoms with Gasteiger partial charge in [-0.05, 0) is 43.0 Å². The Morgan fingerprint density at radius 3 is 2.43 bits per heavy atom. The number of hydrogen-bond acceptors (Lipinski definition) is 3. The molecule has 0 aromatic heterocycles. The van der Waals surface area contributed by atoms with E-state index in [0.29, 0.717) is 19.2 Å². The van der Waals surface area contributed by atoms with E-state index in [-0.39, 0.29) is 11.9 Å². The molecule has 21 heavy (non-hydrogen) atoms. The van der Waals surface area contributed by atoms with E-state index in [0.717, 1.165) is 30.5 Å². The van der Waals surface area contributed by atoms with Crippen LogP contribution in [0.15, 0.2) is 18.2 Å². The zero-order valence-corrected chi connectivity index (χ0v) is 13.7. The zero-order chi connectivity index (χ0) is 15.8. The summed E-state index contributed by atoms with van der Waals surface area (Å²) in [6, 6.07) is 5.53. The average molecular weight is 296 g/mol. The van der Waals surface area contributed by atoms with Gasteiger partial charge in [0.05, 0.1) is 6.61 Å².